The second kappa shape index (κ2) is 6.19. The fourth-order valence-corrected chi connectivity index (χ4v) is 2.96. The largest absolute Gasteiger partial charge is 0.378 e. The number of rotatable bonds is 4. The normalized spacial score (nSPS) is 17.9. The molecule has 0 aliphatic carbocycles. The molecule has 0 saturated carbocycles. The number of nitrogens with one attached hydrogen (secondary N) is 1. The molecule has 0 bridgehead atoms. The summed E-state index contributed by atoms with van der Waals surface area (Å²) in [6, 6.07) is 7.71. The number of benzene rings is 1. The summed E-state index contributed by atoms with van der Waals surface area (Å²) >= 11 is 0. The number of imidazole rings is 1. The van der Waals surface area contributed by atoms with Gasteiger partial charge in [-0.2, -0.15) is 0 Å². The molecule has 1 fully saturated rings. The van der Waals surface area contributed by atoms with Crippen molar-refractivity contribution in [1.29, 1.82) is 0 Å². The summed E-state index contributed by atoms with van der Waals surface area (Å²) in [4.78, 5) is 9.64. The van der Waals surface area contributed by atoms with Crippen LogP contribution in [-0.4, -0.2) is 51.1 Å². The molecule has 2 heterocycles. The first-order valence-corrected chi connectivity index (χ1v) is 7.96. The molecule has 0 radical (unpaired) electrons. The Morgan fingerprint density at radius 2 is 2.15 bits per heavy atom. The van der Waals surface area contributed by atoms with E-state index in [0.717, 1.165) is 37.3 Å². The van der Waals surface area contributed by atoms with Crippen molar-refractivity contribution in [2.75, 3.05) is 32.1 Å². The van der Waals surface area contributed by atoms with Gasteiger partial charge < -0.3 is 14.6 Å². The number of aromatic amines is 1. The van der Waals surface area contributed by atoms with E-state index in [9.17, 15) is 4.21 Å². The third kappa shape index (κ3) is 3.08. The molecule has 2 aromatic rings. The van der Waals surface area contributed by atoms with Crippen LogP contribution in [0.25, 0.3) is 11.0 Å². The molecular weight excluding hydrogens is 274 g/mol. The van der Waals surface area contributed by atoms with Gasteiger partial charge in [-0.3, -0.25) is 4.21 Å². The quantitative estimate of drug-likeness (QED) is 0.928. The van der Waals surface area contributed by atoms with Gasteiger partial charge in [0.2, 0.25) is 0 Å². The number of aromatic nitrogens is 2. The van der Waals surface area contributed by atoms with Crippen molar-refractivity contribution >= 4 is 21.8 Å². The van der Waals surface area contributed by atoms with Crippen LogP contribution in [0, 0.1) is 0 Å². The summed E-state index contributed by atoms with van der Waals surface area (Å²) in [6.45, 7) is 3.32. The van der Waals surface area contributed by atoms with Crippen LogP contribution in [-0.2, 0) is 15.5 Å². The Hall–Kier alpha value is -1.66. The zero-order chi connectivity index (χ0) is 13.8. The van der Waals surface area contributed by atoms with Crippen molar-refractivity contribution in [3.8, 4) is 0 Å². The van der Waals surface area contributed by atoms with Crippen LogP contribution in [0.3, 0.4) is 0 Å². The van der Waals surface area contributed by atoms with Crippen LogP contribution in [0.15, 0.2) is 41.7 Å². The number of hydrogen-bond acceptors (Lipinski definition) is 4. The van der Waals surface area contributed by atoms with Gasteiger partial charge >= 0.3 is 0 Å². The molecule has 0 amide bonds. The van der Waals surface area contributed by atoms with Gasteiger partial charge in [-0.1, -0.05) is 18.2 Å². The van der Waals surface area contributed by atoms with Gasteiger partial charge in [0.25, 0.3) is 0 Å². The predicted octanol–water partition coefficient (Wildman–Crippen LogP) is 1.52. The Balaban J connectivity index is 1.62. The van der Waals surface area contributed by atoms with Crippen molar-refractivity contribution in [2.45, 2.75) is 5.16 Å². The molecule has 1 atom stereocenters. The van der Waals surface area contributed by atoms with Gasteiger partial charge in [-0.15, -0.1) is 0 Å². The van der Waals surface area contributed by atoms with E-state index in [4.69, 9.17) is 4.74 Å². The van der Waals surface area contributed by atoms with E-state index in [1.54, 1.807) is 0 Å². The Kier molecular flexibility index (Phi) is 4.13. The summed E-state index contributed by atoms with van der Waals surface area (Å²) in [5.41, 5.74) is 1.78. The van der Waals surface area contributed by atoms with Gasteiger partial charge in [-0.05, 0) is 18.3 Å². The first kappa shape index (κ1) is 13.3. The second-order valence-electron chi connectivity index (χ2n) is 4.60. The van der Waals surface area contributed by atoms with Crippen LogP contribution in [0.5, 0.6) is 0 Å². The standard InChI is InChI=1S/C14H17N3O2S/c18-20(11-3-6-17-7-9-19-10-8-17)14-15-12-4-1-2-5-13(12)16-14/h1-6H,7-11H2,(H,15,16). The van der Waals surface area contributed by atoms with Gasteiger partial charge in [0.15, 0.2) is 5.16 Å². The molecule has 1 N–H and O–H groups in total. The van der Waals surface area contributed by atoms with E-state index in [2.05, 4.69) is 14.9 Å². The number of morpholine rings is 1. The van der Waals surface area contributed by atoms with Crippen LogP contribution in [0.2, 0.25) is 0 Å². The van der Waals surface area contributed by atoms with E-state index < -0.39 is 10.8 Å². The Morgan fingerprint density at radius 1 is 1.35 bits per heavy atom. The average molecular weight is 291 g/mol. The molecule has 6 heteroatoms. The summed E-state index contributed by atoms with van der Waals surface area (Å²) in [7, 11) is -1.13. The summed E-state index contributed by atoms with van der Waals surface area (Å²) < 4.78 is 17.5. The number of para-hydroxylation sites is 2. The molecule has 5 nitrogen and oxygen atoms in total. The molecule has 0 spiro atoms. The lowest BCUT2D eigenvalue weighted by Crippen LogP contribution is -2.32. The molecule has 1 saturated heterocycles. The maximum Gasteiger partial charge on any atom is 0.197 e. The minimum atomic E-state index is -1.13. The van der Waals surface area contributed by atoms with Crippen molar-refractivity contribution in [3.05, 3.63) is 36.5 Å². The average Bonchev–Trinajstić information content (AvgIpc) is 2.92. The highest BCUT2D eigenvalue weighted by Gasteiger charge is 2.09. The summed E-state index contributed by atoms with van der Waals surface area (Å²) in [5.74, 6) is 0.469. The van der Waals surface area contributed by atoms with Crippen molar-refractivity contribution < 1.29 is 8.95 Å². The third-order valence-electron chi connectivity index (χ3n) is 3.19. The van der Waals surface area contributed by atoms with E-state index >= 15 is 0 Å². The fourth-order valence-electron chi connectivity index (χ4n) is 2.12. The lowest BCUT2D eigenvalue weighted by molar-refractivity contribution is 0.0593. The Bertz CT molecular complexity index is 599. The van der Waals surface area contributed by atoms with Crippen molar-refractivity contribution in [1.82, 2.24) is 14.9 Å². The van der Waals surface area contributed by atoms with Gasteiger partial charge in [-0.25, -0.2) is 4.98 Å². The van der Waals surface area contributed by atoms with Gasteiger partial charge in [0, 0.05) is 13.1 Å². The molecule has 1 unspecified atom stereocenters. The highest BCUT2D eigenvalue weighted by molar-refractivity contribution is 7.85. The summed E-state index contributed by atoms with van der Waals surface area (Å²) in [6.07, 6.45) is 3.94. The number of nitrogens with zero attached hydrogens (tertiary/aromatic N) is 2. The monoisotopic (exact) mass is 291 g/mol. The second-order valence-corrected chi connectivity index (χ2v) is 6.02. The molecule has 3 rings (SSSR count). The Labute approximate surface area is 120 Å². The smallest absolute Gasteiger partial charge is 0.197 e. The fraction of sp³-hybridized carbons (Fsp3) is 0.357. The van der Waals surface area contributed by atoms with Gasteiger partial charge in [0.1, 0.15) is 0 Å². The van der Waals surface area contributed by atoms with Crippen LogP contribution >= 0.6 is 0 Å². The van der Waals surface area contributed by atoms with E-state index in [1.165, 1.54) is 0 Å². The predicted molar refractivity (Wildman–Crippen MR) is 78.9 cm³/mol. The Morgan fingerprint density at radius 3 is 2.95 bits per heavy atom. The molecule has 106 valence electrons. The maximum absolute atomic E-state index is 12.2. The van der Waals surface area contributed by atoms with E-state index in [0.29, 0.717) is 10.9 Å². The number of H-pyrrole nitrogens is 1. The topological polar surface area (TPSA) is 58.2 Å². The third-order valence-corrected chi connectivity index (χ3v) is 4.31. The first-order chi connectivity index (χ1) is 9.83. The number of ether oxygens (including phenoxy) is 1. The van der Waals surface area contributed by atoms with Gasteiger partial charge in [0.05, 0.1) is 40.8 Å². The van der Waals surface area contributed by atoms with Crippen molar-refractivity contribution in [3.63, 3.8) is 0 Å². The molecule has 20 heavy (non-hydrogen) atoms. The maximum atomic E-state index is 12.2. The lowest BCUT2D eigenvalue weighted by Gasteiger charge is -2.24. The van der Waals surface area contributed by atoms with Crippen LogP contribution in [0.1, 0.15) is 0 Å². The minimum absolute atomic E-state index is 0.469. The SMILES string of the molecule is O=S(CC=CN1CCOCC1)c1nc2ccccc2[nH]1. The number of hydrogen-bond donors (Lipinski definition) is 1. The zero-order valence-electron chi connectivity index (χ0n) is 11.1. The minimum Gasteiger partial charge on any atom is -0.378 e. The zero-order valence-corrected chi connectivity index (χ0v) is 11.9. The highest BCUT2D eigenvalue weighted by atomic mass is 32.2. The molecular formula is C14H17N3O2S. The van der Waals surface area contributed by atoms with Crippen LogP contribution < -0.4 is 0 Å². The number of fused-ring (bicyclic) bond motifs is 1. The lowest BCUT2D eigenvalue weighted by atomic mass is 10.3. The molecule has 1 aromatic carbocycles. The molecule has 1 aliphatic heterocycles. The molecule has 1 aromatic heterocycles. The van der Waals surface area contributed by atoms with Crippen LogP contribution in [0.4, 0.5) is 0 Å². The first-order valence-electron chi connectivity index (χ1n) is 6.64. The molecule has 1 aliphatic rings. The van der Waals surface area contributed by atoms with Crippen molar-refractivity contribution in [2.24, 2.45) is 0 Å². The highest BCUT2D eigenvalue weighted by Crippen LogP contribution is 2.12. The summed E-state index contributed by atoms with van der Waals surface area (Å²) in [5, 5.41) is 0.540. The van der Waals surface area contributed by atoms with E-state index in [-0.39, 0.29) is 0 Å². The van der Waals surface area contributed by atoms with E-state index in [1.807, 2.05) is 36.5 Å².